The van der Waals surface area contributed by atoms with Gasteiger partial charge in [0, 0.05) is 18.8 Å². The Bertz CT molecular complexity index is 1420. The lowest BCUT2D eigenvalue weighted by Gasteiger charge is -2.18. The van der Waals surface area contributed by atoms with E-state index < -0.39 is 0 Å². The molecule has 1 heteroatoms. The maximum absolute atomic E-state index is 11.6. The Morgan fingerprint density at radius 2 is 1.59 bits per heavy atom. The first-order valence-electron chi connectivity index (χ1n) is 15.0. The first kappa shape index (κ1) is 31.7. The highest BCUT2D eigenvalue weighted by Gasteiger charge is 2.26. The van der Waals surface area contributed by atoms with Crippen molar-refractivity contribution in [1.29, 1.82) is 0 Å². The van der Waals surface area contributed by atoms with Gasteiger partial charge in [0.25, 0.3) is 0 Å². The van der Waals surface area contributed by atoms with E-state index in [0.29, 0.717) is 0 Å². The summed E-state index contributed by atoms with van der Waals surface area (Å²) in [6.45, 7) is 14.2. The normalized spacial score (nSPS) is 14.1. The molecule has 0 saturated heterocycles. The summed E-state index contributed by atoms with van der Waals surface area (Å²) in [5, 5.41) is 0. The summed E-state index contributed by atoms with van der Waals surface area (Å²) < 4.78 is 11.6. The summed E-state index contributed by atoms with van der Waals surface area (Å²) in [6.07, 6.45) is 9.18. The molecule has 1 radical (unpaired) electrons. The third-order valence-electron chi connectivity index (χ3n) is 7.31. The molecule has 0 amide bonds. The van der Waals surface area contributed by atoms with Gasteiger partial charge in [-0.15, -0.1) is 17.6 Å². The fourth-order valence-corrected chi connectivity index (χ4v) is 5.05. The minimum absolute atomic E-state index is 0.208. The van der Waals surface area contributed by atoms with Crippen molar-refractivity contribution in [3.05, 3.63) is 136 Å². The molecular formula is C40H44F. The van der Waals surface area contributed by atoms with Crippen molar-refractivity contribution in [3.63, 3.8) is 0 Å². The van der Waals surface area contributed by atoms with Gasteiger partial charge < -0.3 is 0 Å². The quantitative estimate of drug-likeness (QED) is 0.143. The van der Waals surface area contributed by atoms with E-state index in [-0.39, 0.29) is 12.6 Å². The maximum Gasteiger partial charge on any atom is 0.0940 e. The Labute approximate surface area is 248 Å². The van der Waals surface area contributed by atoms with Gasteiger partial charge in [0.2, 0.25) is 0 Å². The molecule has 0 nitrogen and oxygen atoms in total. The van der Waals surface area contributed by atoms with E-state index in [1.165, 1.54) is 63.3 Å². The first-order chi connectivity index (χ1) is 20.1. The van der Waals surface area contributed by atoms with Crippen LogP contribution < -0.4 is 0 Å². The summed E-state index contributed by atoms with van der Waals surface area (Å²) in [4.78, 5) is 0. The molecular weight excluding hydrogens is 499 g/mol. The second kappa shape index (κ2) is 16.4. The molecule has 211 valence electrons. The van der Waals surface area contributed by atoms with Crippen LogP contribution in [0.2, 0.25) is 0 Å². The van der Waals surface area contributed by atoms with Crippen molar-refractivity contribution in [2.45, 2.75) is 66.7 Å². The highest BCUT2D eigenvalue weighted by Crippen LogP contribution is 2.42. The Hall–Kier alpha value is -3.85. The van der Waals surface area contributed by atoms with Crippen LogP contribution in [0.4, 0.5) is 4.39 Å². The minimum atomic E-state index is -0.208. The molecule has 0 heterocycles. The van der Waals surface area contributed by atoms with Crippen LogP contribution in [0, 0.1) is 30.6 Å². The van der Waals surface area contributed by atoms with Crippen LogP contribution >= 0.6 is 0 Å². The first-order valence-corrected chi connectivity index (χ1v) is 15.0. The molecule has 0 atom stereocenters. The Kier molecular flexibility index (Phi) is 12.7. The molecule has 5 rings (SSSR count). The lowest BCUT2D eigenvalue weighted by Crippen LogP contribution is -1.97. The average molecular weight is 544 g/mol. The molecule has 2 aliphatic rings. The summed E-state index contributed by atoms with van der Waals surface area (Å²) >= 11 is 0. The number of alkyl halides is 1. The van der Waals surface area contributed by atoms with E-state index >= 15 is 0 Å². The minimum Gasteiger partial charge on any atom is -0.251 e. The van der Waals surface area contributed by atoms with Crippen molar-refractivity contribution in [2.24, 2.45) is 5.92 Å². The van der Waals surface area contributed by atoms with Gasteiger partial charge >= 0.3 is 0 Å². The fourth-order valence-electron chi connectivity index (χ4n) is 5.05. The maximum atomic E-state index is 11.6. The highest BCUT2D eigenvalue weighted by atomic mass is 19.1. The molecule has 3 aromatic carbocycles. The van der Waals surface area contributed by atoms with Crippen LogP contribution in [-0.2, 0) is 0 Å². The average Bonchev–Trinajstić information content (AvgIpc) is 3.57. The lowest BCUT2D eigenvalue weighted by atomic mass is 9.86. The number of hydrogen-bond donors (Lipinski definition) is 0. The topological polar surface area (TPSA) is 0 Å². The molecule has 41 heavy (non-hydrogen) atoms. The number of hydrogen-bond acceptors (Lipinski definition) is 0. The van der Waals surface area contributed by atoms with Crippen molar-refractivity contribution in [2.75, 3.05) is 6.67 Å². The van der Waals surface area contributed by atoms with Crippen molar-refractivity contribution in [1.82, 2.24) is 0 Å². The number of halogens is 1. The summed E-state index contributed by atoms with van der Waals surface area (Å²) in [6, 6.07) is 26.6. The van der Waals surface area contributed by atoms with Crippen molar-refractivity contribution in [3.8, 4) is 11.8 Å². The Morgan fingerprint density at radius 1 is 0.927 bits per heavy atom. The van der Waals surface area contributed by atoms with E-state index in [4.69, 9.17) is 0 Å². The highest BCUT2D eigenvalue weighted by molar-refractivity contribution is 5.99. The second-order valence-electron chi connectivity index (χ2n) is 10.2. The Balaban J connectivity index is 0.000000443. The predicted octanol–water partition coefficient (Wildman–Crippen LogP) is 11.2. The van der Waals surface area contributed by atoms with Gasteiger partial charge in [-0.1, -0.05) is 119 Å². The number of allylic oxidation sites excluding steroid dienone is 3. The van der Waals surface area contributed by atoms with Gasteiger partial charge in [0.05, 0.1) is 12.6 Å². The van der Waals surface area contributed by atoms with Crippen molar-refractivity contribution < 1.29 is 4.39 Å². The van der Waals surface area contributed by atoms with Crippen LogP contribution in [0.3, 0.4) is 0 Å². The van der Waals surface area contributed by atoms with E-state index in [9.17, 15) is 4.39 Å². The summed E-state index contributed by atoms with van der Waals surface area (Å²) in [5.74, 6) is 7.30. The molecule has 0 aliphatic heterocycles. The van der Waals surface area contributed by atoms with Gasteiger partial charge in [-0.05, 0) is 76.4 Å². The van der Waals surface area contributed by atoms with E-state index in [0.717, 1.165) is 24.8 Å². The zero-order chi connectivity index (χ0) is 29.6. The van der Waals surface area contributed by atoms with E-state index in [2.05, 4.69) is 124 Å². The van der Waals surface area contributed by atoms with Gasteiger partial charge in [-0.3, -0.25) is 4.39 Å². The standard InChI is InChI=1S/C32H31.C6H7F.C2H6/c1-5-11-27-21-29(16-15-23(27)4)32(30(7-3)24-13-9-8-10-14-24)26-19-17-25(18-20-26)31-22-28(31)12-6-2;7-5-6-3-1-2-4-6;1-2/h8-11,13-22H,1,6-7,12H2,2-4H3;6H,3-5H2;1-2H3/b32-30+;;. The van der Waals surface area contributed by atoms with E-state index in [1.807, 2.05) is 19.9 Å². The van der Waals surface area contributed by atoms with Crippen LogP contribution in [0.15, 0.2) is 96.8 Å². The van der Waals surface area contributed by atoms with Gasteiger partial charge in [-0.2, -0.15) is 0 Å². The van der Waals surface area contributed by atoms with Gasteiger partial charge in [-0.25, -0.2) is 0 Å². The number of benzene rings is 3. The lowest BCUT2D eigenvalue weighted by molar-refractivity contribution is 0.378. The summed E-state index contributed by atoms with van der Waals surface area (Å²) in [7, 11) is 0. The third-order valence-corrected chi connectivity index (χ3v) is 7.31. The molecule has 0 N–H and O–H groups in total. The largest absolute Gasteiger partial charge is 0.251 e. The van der Waals surface area contributed by atoms with Crippen LogP contribution in [0.5, 0.6) is 0 Å². The molecule has 3 aromatic rings. The molecule has 0 unspecified atom stereocenters. The van der Waals surface area contributed by atoms with Crippen LogP contribution in [0.25, 0.3) is 17.2 Å². The number of rotatable bonds is 9. The molecule has 0 fully saturated rings. The number of aryl methyl sites for hydroxylation is 1. The van der Waals surface area contributed by atoms with Crippen molar-refractivity contribution >= 4 is 17.2 Å². The predicted molar refractivity (Wildman–Crippen MR) is 177 cm³/mol. The molecule has 2 aliphatic carbocycles. The molecule has 0 aromatic heterocycles. The third kappa shape index (κ3) is 8.57. The van der Waals surface area contributed by atoms with E-state index in [1.54, 1.807) is 0 Å². The smallest absolute Gasteiger partial charge is 0.0940 e. The van der Waals surface area contributed by atoms with Gasteiger partial charge in [0.1, 0.15) is 0 Å². The zero-order valence-corrected chi connectivity index (χ0v) is 25.5. The van der Waals surface area contributed by atoms with Crippen LogP contribution in [-0.4, -0.2) is 6.67 Å². The van der Waals surface area contributed by atoms with Crippen LogP contribution in [0.1, 0.15) is 93.2 Å². The Morgan fingerprint density at radius 3 is 2.15 bits per heavy atom. The monoisotopic (exact) mass is 543 g/mol. The molecule has 0 bridgehead atoms. The zero-order valence-electron chi connectivity index (χ0n) is 25.5. The SMILES string of the molecule is C=C=Cc1cc(/C(=C(\CC)c2ccccc2)c2ccc([C]3C=C3CCC)cc2)ccc1C.CC.FCC1CC#CC1. The second-order valence-corrected chi connectivity index (χ2v) is 10.2. The fraction of sp³-hybridized carbons (Fsp3) is 0.300. The van der Waals surface area contributed by atoms with Gasteiger partial charge in [0.15, 0.2) is 0 Å². The molecule has 0 spiro atoms. The molecule has 0 saturated carbocycles. The summed E-state index contributed by atoms with van der Waals surface area (Å²) in [5.41, 5.74) is 14.6.